The molecule has 4 rings (SSSR count). The molecule has 2 aromatic heterocycles. The molecule has 0 unspecified atom stereocenters. The van der Waals surface area contributed by atoms with Crippen LogP contribution in [0.15, 0.2) is 71.0 Å². The van der Waals surface area contributed by atoms with Crippen LogP contribution in [0.4, 0.5) is 13.2 Å². The van der Waals surface area contributed by atoms with Gasteiger partial charge in [-0.25, -0.2) is 14.8 Å². The van der Waals surface area contributed by atoms with Crippen molar-refractivity contribution >= 4 is 40.4 Å². The van der Waals surface area contributed by atoms with Gasteiger partial charge in [0.25, 0.3) is 0 Å². The number of benzene rings is 2. The quantitative estimate of drug-likeness (QED) is 0.325. The summed E-state index contributed by atoms with van der Waals surface area (Å²) in [6.07, 6.45) is -3.77. The van der Waals surface area contributed by atoms with Gasteiger partial charge in [-0.3, -0.25) is 0 Å². The largest absolute Gasteiger partial charge is 0.465 e. The second kappa shape index (κ2) is 8.84. The molecule has 0 radical (unpaired) electrons. The van der Waals surface area contributed by atoms with Crippen molar-refractivity contribution in [1.82, 2.24) is 14.5 Å². The highest BCUT2D eigenvalue weighted by molar-refractivity contribution is 7.99. The highest BCUT2D eigenvalue weighted by Crippen LogP contribution is 2.37. The van der Waals surface area contributed by atoms with Crippen molar-refractivity contribution in [1.29, 1.82) is 0 Å². The van der Waals surface area contributed by atoms with E-state index in [2.05, 4.69) is 9.97 Å². The summed E-state index contributed by atoms with van der Waals surface area (Å²) in [6.45, 7) is 0.419. The first-order valence-electron chi connectivity index (χ1n) is 9.29. The molecule has 0 saturated heterocycles. The predicted molar refractivity (Wildman–Crippen MR) is 115 cm³/mol. The molecule has 0 saturated carbocycles. The fourth-order valence-electron chi connectivity index (χ4n) is 3.07. The van der Waals surface area contributed by atoms with Crippen LogP contribution in [0.1, 0.15) is 21.5 Å². The third-order valence-corrected chi connectivity index (χ3v) is 6.07. The number of nitrogens with zero attached hydrogens (tertiary/aromatic N) is 3. The number of carbonyl (C=O) groups excluding carboxylic acids is 1. The Morgan fingerprint density at radius 1 is 1.16 bits per heavy atom. The van der Waals surface area contributed by atoms with Crippen molar-refractivity contribution in [2.75, 3.05) is 7.11 Å². The molecule has 0 atom stereocenters. The Labute approximate surface area is 190 Å². The second-order valence-corrected chi connectivity index (χ2v) is 8.13. The van der Waals surface area contributed by atoms with Crippen LogP contribution in [0.2, 0.25) is 5.02 Å². The van der Waals surface area contributed by atoms with Gasteiger partial charge in [0.15, 0.2) is 5.16 Å². The minimum Gasteiger partial charge on any atom is -0.465 e. The lowest BCUT2D eigenvalue weighted by molar-refractivity contribution is -0.137. The number of alkyl halides is 3. The summed E-state index contributed by atoms with van der Waals surface area (Å²) >= 11 is 7.18. The van der Waals surface area contributed by atoms with Crippen molar-refractivity contribution in [2.45, 2.75) is 22.9 Å². The van der Waals surface area contributed by atoms with E-state index in [0.717, 1.165) is 40.6 Å². The minimum atomic E-state index is -4.52. The van der Waals surface area contributed by atoms with E-state index in [0.29, 0.717) is 17.3 Å². The summed E-state index contributed by atoms with van der Waals surface area (Å²) in [6, 6.07) is 15.3. The molecule has 5 nitrogen and oxygen atoms in total. The number of aromatic nitrogens is 3. The van der Waals surface area contributed by atoms with Gasteiger partial charge in [0.2, 0.25) is 0 Å². The molecule has 0 aliphatic heterocycles. The van der Waals surface area contributed by atoms with E-state index in [4.69, 9.17) is 16.3 Å². The summed E-state index contributed by atoms with van der Waals surface area (Å²) in [5.41, 5.74) is 1.99. The first kappa shape index (κ1) is 22.2. The fourth-order valence-corrected chi connectivity index (χ4v) is 4.21. The summed E-state index contributed by atoms with van der Waals surface area (Å²) in [4.78, 5) is 20.2. The number of rotatable bonds is 5. The van der Waals surface area contributed by atoms with Crippen LogP contribution >= 0.6 is 23.4 Å². The van der Waals surface area contributed by atoms with Gasteiger partial charge in [0, 0.05) is 6.20 Å². The number of pyridine rings is 1. The number of ether oxygens (including phenoxy) is 1. The van der Waals surface area contributed by atoms with Crippen LogP contribution in [-0.4, -0.2) is 27.6 Å². The van der Waals surface area contributed by atoms with Crippen LogP contribution in [0.5, 0.6) is 0 Å². The summed E-state index contributed by atoms with van der Waals surface area (Å²) < 4.78 is 45.4. The topological polar surface area (TPSA) is 57.0 Å². The van der Waals surface area contributed by atoms with Gasteiger partial charge in [0.1, 0.15) is 5.03 Å². The van der Waals surface area contributed by atoms with E-state index in [1.54, 1.807) is 24.3 Å². The molecular formula is C22H15ClF3N3O2S. The van der Waals surface area contributed by atoms with E-state index >= 15 is 0 Å². The average Bonchev–Trinajstić information content (AvgIpc) is 3.11. The number of fused-ring (bicyclic) bond motifs is 1. The zero-order valence-electron chi connectivity index (χ0n) is 16.6. The lowest BCUT2D eigenvalue weighted by atomic mass is 10.1. The summed E-state index contributed by atoms with van der Waals surface area (Å²) in [5.74, 6) is -0.427. The molecule has 0 aliphatic carbocycles. The SMILES string of the molecule is COC(=O)c1ccc(Cn2c(Sc3ncc(C(F)(F)F)cc3Cl)nc3ccccc32)cc1. The lowest BCUT2D eigenvalue weighted by Crippen LogP contribution is -2.06. The van der Waals surface area contributed by atoms with E-state index in [9.17, 15) is 18.0 Å². The second-order valence-electron chi connectivity index (χ2n) is 6.77. The fraction of sp³-hybridized carbons (Fsp3) is 0.136. The number of hydrogen-bond donors (Lipinski definition) is 0. The minimum absolute atomic E-state index is 0.106. The van der Waals surface area contributed by atoms with Gasteiger partial charge in [0.05, 0.1) is 40.8 Å². The normalized spacial score (nSPS) is 11.7. The van der Waals surface area contributed by atoms with Gasteiger partial charge in [-0.2, -0.15) is 13.2 Å². The van der Waals surface area contributed by atoms with Crippen molar-refractivity contribution in [2.24, 2.45) is 0 Å². The Hall–Kier alpha value is -3.04. The Kier molecular flexibility index (Phi) is 6.12. The maximum absolute atomic E-state index is 12.9. The lowest BCUT2D eigenvalue weighted by Gasteiger charge is -2.11. The molecule has 2 aromatic carbocycles. The maximum atomic E-state index is 12.9. The molecule has 4 aromatic rings. The zero-order valence-corrected chi connectivity index (χ0v) is 18.1. The Morgan fingerprint density at radius 3 is 2.53 bits per heavy atom. The van der Waals surface area contributed by atoms with Crippen LogP contribution < -0.4 is 0 Å². The van der Waals surface area contributed by atoms with E-state index in [-0.39, 0.29) is 10.0 Å². The molecule has 0 amide bonds. The molecule has 10 heteroatoms. The number of esters is 1. The zero-order chi connectivity index (χ0) is 22.9. The highest BCUT2D eigenvalue weighted by Gasteiger charge is 2.31. The molecule has 164 valence electrons. The molecule has 0 N–H and O–H groups in total. The predicted octanol–water partition coefficient (Wildman–Crippen LogP) is 6.09. The number of methoxy groups -OCH3 is 1. The van der Waals surface area contributed by atoms with Gasteiger partial charge in [-0.05, 0) is 47.7 Å². The van der Waals surface area contributed by atoms with Gasteiger partial charge < -0.3 is 9.30 Å². The molecule has 32 heavy (non-hydrogen) atoms. The van der Waals surface area contributed by atoms with Gasteiger partial charge >= 0.3 is 12.1 Å². The first-order valence-corrected chi connectivity index (χ1v) is 10.5. The molecule has 0 spiro atoms. The average molecular weight is 478 g/mol. The monoisotopic (exact) mass is 477 g/mol. The van der Waals surface area contributed by atoms with E-state index < -0.39 is 17.7 Å². The standard InChI is InChI=1S/C22H15ClF3N3O2S/c1-31-20(30)14-8-6-13(7-9-14)12-29-18-5-3-2-4-17(18)28-21(29)32-19-16(23)10-15(11-27-19)22(24,25)26/h2-11H,12H2,1H3. The molecule has 0 fully saturated rings. The molecule has 0 bridgehead atoms. The van der Waals surface area contributed by atoms with Gasteiger partial charge in [-0.15, -0.1) is 0 Å². The number of halogens is 4. The van der Waals surface area contributed by atoms with Crippen LogP contribution in [-0.2, 0) is 17.5 Å². The van der Waals surface area contributed by atoms with Crippen molar-refractivity contribution in [3.8, 4) is 0 Å². The van der Waals surface area contributed by atoms with Crippen molar-refractivity contribution in [3.63, 3.8) is 0 Å². The highest BCUT2D eigenvalue weighted by atomic mass is 35.5. The summed E-state index contributed by atoms with van der Waals surface area (Å²) in [5, 5.41) is 0.639. The third kappa shape index (κ3) is 4.58. The van der Waals surface area contributed by atoms with Crippen molar-refractivity contribution in [3.05, 3.63) is 82.5 Å². The molecule has 0 aliphatic rings. The maximum Gasteiger partial charge on any atom is 0.417 e. The molecular weight excluding hydrogens is 463 g/mol. The number of imidazole rings is 1. The number of hydrogen-bond acceptors (Lipinski definition) is 5. The van der Waals surface area contributed by atoms with Crippen LogP contribution in [0.25, 0.3) is 11.0 Å². The summed E-state index contributed by atoms with van der Waals surface area (Å²) in [7, 11) is 1.32. The Morgan fingerprint density at radius 2 is 1.88 bits per heavy atom. The Balaban J connectivity index is 1.69. The first-order chi connectivity index (χ1) is 15.3. The number of carbonyl (C=O) groups is 1. The Bertz CT molecular complexity index is 1290. The van der Waals surface area contributed by atoms with Gasteiger partial charge in [-0.1, -0.05) is 35.9 Å². The van der Waals surface area contributed by atoms with Crippen LogP contribution in [0.3, 0.4) is 0 Å². The number of para-hydroxylation sites is 2. The van der Waals surface area contributed by atoms with Crippen LogP contribution in [0, 0.1) is 0 Å². The third-order valence-electron chi connectivity index (χ3n) is 4.66. The van der Waals surface area contributed by atoms with E-state index in [1.165, 1.54) is 7.11 Å². The smallest absolute Gasteiger partial charge is 0.417 e. The molecule has 2 heterocycles. The van der Waals surface area contributed by atoms with E-state index in [1.807, 2.05) is 28.8 Å². The van der Waals surface area contributed by atoms with Crippen molar-refractivity contribution < 1.29 is 22.7 Å².